The van der Waals surface area contributed by atoms with Crippen molar-refractivity contribution in [1.29, 1.82) is 0 Å². The topological polar surface area (TPSA) is 47.0 Å². The first-order chi connectivity index (χ1) is 10.3. The average Bonchev–Trinajstić information content (AvgIpc) is 3.15. The number of nitrogens with one attached hydrogen (secondary N) is 1. The summed E-state index contributed by atoms with van der Waals surface area (Å²) < 4.78 is 7.68. The Labute approximate surface area is 140 Å². The third-order valence-electron chi connectivity index (χ3n) is 3.16. The Balaban J connectivity index is 1.48. The van der Waals surface area contributed by atoms with Crippen LogP contribution in [0.5, 0.6) is 0 Å². The SMILES string of the molecule is Brc1cccc(CSc2nnc(NCC3CCCO3)s2)c1. The van der Waals surface area contributed by atoms with Gasteiger partial charge < -0.3 is 10.1 Å². The zero-order valence-corrected chi connectivity index (χ0v) is 14.6. The van der Waals surface area contributed by atoms with Gasteiger partial charge in [-0.2, -0.15) is 0 Å². The molecule has 112 valence electrons. The van der Waals surface area contributed by atoms with E-state index in [4.69, 9.17) is 4.74 Å². The van der Waals surface area contributed by atoms with Gasteiger partial charge in [0.1, 0.15) is 0 Å². The lowest BCUT2D eigenvalue weighted by Gasteiger charge is -2.08. The first-order valence-electron chi connectivity index (χ1n) is 6.86. The van der Waals surface area contributed by atoms with E-state index in [9.17, 15) is 0 Å². The van der Waals surface area contributed by atoms with Crippen molar-refractivity contribution in [2.75, 3.05) is 18.5 Å². The van der Waals surface area contributed by atoms with Gasteiger partial charge in [-0.25, -0.2) is 0 Å². The van der Waals surface area contributed by atoms with Crippen molar-refractivity contribution >= 4 is 44.2 Å². The number of ether oxygens (including phenoxy) is 1. The molecule has 1 aliphatic rings. The van der Waals surface area contributed by atoms with Crippen LogP contribution in [0.2, 0.25) is 0 Å². The molecule has 0 bridgehead atoms. The first-order valence-corrected chi connectivity index (χ1v) is 9.45. The predicted octanol–water partition coefficient (Wildman–Crippen LogP) is 4.18. The van der Waals surface area contributed by atoms with E-state index in [0.29, 0.717) is 6.10 Å². The number of halogens is 1. The molecule has 1 aliphatic heterocycles. The highest BCUT2D eigenvalue weighted by molar-refractivity contribution is 9.10. The second-order valence-electron chi connectivity index (χ2n) is 4.81. The van der Waals surface area contributed by atoms with E-state index in [2.05, 4.69) is 49.6 Å². The molecule has 0 saturated carbocycles. The van der Waals surface area contributed by atoms with Crippen LogP contribution in [-0.2, 0) is 10.5 Å². The number of rotatable bonds is 6. The Bertz CT molecular complexity index is 587. The second kappa shape index (κ2) is 7.58. The minimum absolute atomic E-state index is 0.326. The van der Waals surface area contributed by atoms with Crippen LogP contribution in [-0.4, -0.2) is 29.5 Å². The summed E-state index contributed by atoms with van der Waals surface area (Å²) in [7, 11) is 0. The smallest absolute Gasteiger partial charge is 0.206 e. The van der Waals surface area contributed by atoms with Gasteiger partial charge >= 0.3 is 0 Å². The van der Waals surface area contributed by atoms with Crippen molar-refractivity contribution in [2.24, 2.45) is 0 Å². The predicted molar refractivity (Wildman–Crippen MR) is 91.1 cm³/mol. The van der Waals surface area contributed by atoms with Gasteiger partial charge in [-0.05, 0) is 30.5 Å². The molecule has 0 radical (unpaired) electrons. The van der Waals surface area contributed by atoms with Crippen LogP contribution in [0.3, 0.4) is 0 Å². The van der Waals surface area contributed by atoms with E-state index in [1.165, 1.54) is 5.56 Å². The summed E-state index contributed by atoms with van der Waals surface area (Å²) in [6, 6.07) is 8.33. The number of thioether (sulfide) groups is 1. The molecule has 1 unspecified atom stereocenters. The van der Waals surface area contributed by atoms with E-state index >= 15 is 0 Å². The lowest BCUT2D eigenvalue weighted by atomic mass is 10.2. The van der Waals surface area contributed by atoms with E-state index in [1.54, 1.807) is 23.1 Å². The molecule has 2 heterocycles. The molecule has 0 amide bonds. The summed E-state index contributed by atoms with van der Waals surface area (Å²) in [6.45, 7) is 1.71. The highest BCUT2D eigenvalue weighted by Gasteiger charge is 2.15. The number of anilines is 1. The molecule has 1 aromatic heterocycles. The third-order valence-corrected chi connectivity index (χ3v) is 5.74. The fourth-order valence-electron chi connectivity index (χ4n) is 2.12. The molecule has 1 aromatic carbocycles. The normalized spacial score (nSPS) is 18.0. The number of aromatic nitrogens is 2. The quantitative estimate of drug-likeness (QED) is 0.755. The van der Waals surface area contributed by atoms with Crippen LogP contribution < -0.4 is 5.32 Å². The van der Waals surface area contributed by atoms with Crippen LogP contribution >= 0.6 is 39.0 Å². The molecule has 3 rings (SSSR count). The third kappa shape index (κ3) is 4.67. The van der Waals surface area contributed by atoms with Crippen LogP contribution in [0.4, 0.5) is 5.13 Å². The highest BCUT2D eigenvalue weighted by Crippen LogP contribution is 2.29. The molecule has 0 spiro atoms. The maximum atomic E-state index is 5.58. The van der Waals surface area contributed by atoms with E-state index in [0.717, 1.165) is 45.7 Å². The van der Waals surface area contributed by atoms with Crippen molar-refractivity contribution in [2.45, 2.75) is 29.0 Å². The van der Waals surface area contributed by atoms with Gasteiger partial charge in [0, 0.05) is 23.4 Å². The molecule has 0 aliphatic carbocycles. The lowest BCUT2D eigenvalue weighted by Crippen LogP contribution is -2.18. The van der Waals surface area contributed by atoms with E-state index in [-0.39, 0.29) is 0 Å². The first kappa shape index (κ1) is 15.3. The van der Waals surface area contributed by atoms with E-state index < -0.39 is 0 Å². The number of hydrogen-bond donors (Lipinski definition) is 1. The zero-order valence-electron chi connectivity index (χ0n) is 11.4. The summed E-state index contributed by atoms with van der Waals surface area (Å²) in [5.41, 5.74) is 1.28. The highest BCUT2D eigenvalue weighted by atomic mass is 79.9. The number of benzene rings is 1. The fourth-order valence-corrected chi connectivity index (χ4v) is 4.27. The van der Waals surface area contributed by atoms with Crippen molar-refractivity contribution in [3.05, 3.63) is 34.3 Å². The molecule has 2 aromatic rings. The molecule has 21 heavy (non-hydrogen) atoms. The second-order valence-corrected chi connectivity index (χ2v) is 7.92. The summed E-state index contributed by atoms with van der Waals surface area (Å²) >= 11 is 6.80. The standard InChI is InChI=1S/C14H16BrN3OS2/c15-11-4-1-3-10(7-11)9-20-14-18-17-13(21-14)16-8-12-5-2-6-19-12/h1,3-4,7,12H,2,5-6,8-9H2,(H,16,17). The monoisotopic (exact) mass is 385 g/mol. The van der Waals surface area contributed by atoms with Crippen molar-refractivity contribution in [1.82, 2.24) is 10.2 Å². The largest absolute Gasteiger partial charge is 0.376 e. The maximum absolute atomic E-state index is 5.58. The maximum Gasteiger partial charge on any atom is 0.206 e. The van der Waals surface area contributed by atoms with Crippen molar-refractivity contribution in [3.63, 3.8) is 0 Å². The Morgan fingerprint density at radius 3 is 3.19 bits per heavy atom. The van der Waals surface area contributed by atoms with Crippen LogP contribution in [0.1, 0.15) is 18.4 Å². The summed E-state index contributed by atoms with van der Waals surface area (Å²) in [4.78, 5) is 0. The molecular formula is C14H16BrN3OS2. The van der Waals surface area contributed by atoms with Crippen molar-refractivity contribution in [3.8, 4) is 0 Å². The van der Waals surface area contributed by atoms with Crippen LogP contribution in [0.15, 0.2) is 33.1 Å². The minimum Gasteiger partial charge on any atom is -0.376 e. The summed E-state index contributed by atoms with van der Waals surface area (Å²) in [5, 5.41) is 12.6. The Hall–Kier alpha value is -0.630. The molecular weight excluding hydrogens is 370 g/mol. The number of hydrogen-bond acceptors (Lipinski definition) is 6. The van der Waals surface area contributed by atoms with Gasteiger partial charge in [-0.1, -0.05) is 51.2 Å². The molecule has 7 heteroatoms. The van der Waals surface area contributed by atoms with Crippen molar-refractivity contribution < 1.29 is 4.74 Å². The Morgan fingerprint density at radius 1 is 1.43 bits per heavy atom. The van der Waals surface area contributed by atoms with Gasteiger partial charge in [-0.3, -0.25) is 0 Å². The van der Waals surface area contributed by atoms with Gasteiger partial charge in [0.2, 0.25) is 5.13 Å². The average molecular weight is 386 g/mol. The van der Waals surface area contributed by atoms with E-state index in [1.807, 2.05) is 6.07 Å². The fraction of sp³-hybridized carbons (Fsp3) is 0.429. The molecule has 1 fully saturated rings. The van der Waals surface area contributed by atoms with Crippen LogP contribution in [0, 0.1) is 0 Å². The Kier molecular flexibility index (Phi) is 5.51. The lowest BCUT2D eigenvalue weighted by molar-refractivity contribution is 0.120. The Morgan fingerprint density at radius 2 is 2.38 bits per heavy atom. The molecule has 1 N–H and O–H groups in total. The zero-order chi connectivity index (χ0) is 14.5. The van der Waals surface area contributed by atoms with Gasteiger partial charge in [0.25, 0.3) is 0 Å². The number of nitrogens with zero attached hydrogens (tertiary/aromatic N) is 2. The summed E-state index contributed by atoms with van der Waals surface area (Å²) in [6.07, 6.45) is 2.62. The molecule has 4 nitrogen and oxygen atoms in total. The summed E-state index contributed by atoms with van der Waals surface area (Å²) in [5.74, 6) is 0.903. The van der Waals surface area contributed by atoms with Gasteiger partial charge in [-0.15, -0.1) is 10.2 Å². The molecule has 1 saturated heterocycles. The minimum atomic E-state index is 0.326. The molecule has 1 atom stereocenters. The van der Waals surface area contributed by atoms with Gasteiger partial charge in [0.05, 0.1) is 6.10 Å². The van der Waals surface area contributed by atoms with Crippen LogP contribution in [0.25, 0.3) is 0 Å². The van der Waals surface area contributed by atoms with Gasteiger partial charge in [0.15, 0.2) is 4.34 Å².